The van der Waals surface area contributed by atoms with E-state index in [0.29, 0.717) is 12.4 Å². The molecule has 4 nitrogen and oxygen atoms in total. The maximum absolute atomic E-state index is 13.5. The molecule has 132 valence electrons. The van der Waals surface area contributed by atoms with Crippen molar-refractivity contribution in [1.82, 2.24) is 4.90 Å². The fourth-order valence-electron chi connectivity index (χ4n) is 2.67. The van der Waals surface area contributed by atoms with Gasteiger partial charge in [-0.1, -0.05) is 32.8 Å². The smallest absolute Gasteiger partial charge is 0.329 e. The molecule has 1 aromatic rings. The number of carbonyl (C=O) groups excluding carboxylic acids is 2. The summed E-state index contributed by atoms with van der Waals surface area (Å²) in [6, 6.07) is 5.01. The number of thioether (sulfide) groups is 1. The summed E-state index contributed by atoms with van der Waals surface area (Å²) < 4.78 is 18.8. The average molecular weight is 353 g/mol. The quantitative estimate of drug-likeness (QED) is 0.552. The minimum atomic E-state index is -0.598. The Balaban J connectivity index is 2.18. The third-order valence-corrected chi connectivity index (χ3v) is 5.30. The number of carbonyl (C=O) groups is 2. The number of unbranched alkanes of at least 4 members (excludes halogenated alkanes) is 1. The fraction of sp³-hybridized carbons (Fsp3) is 0.556. The van der Waals surface area contributed by atoms with Crippen molar-refractivity contribution in [2.75, 3.05) is 12.4 Å². The van der Waals surface area contributed by atoms with Crippen LogP contribution in [0, 0.1) is 5.82 Å². The summed E-state index contributed by atoms with van der Waals surface area (Å²) in [4.78, 5) is 26.8. The fourth-order valence-corrected chi connectivity index (χ4v) is 4.18. The molecule has 0 aromatic heterocycles. The normalized spacial score (nSPS) is 20.2. The van der Waals surface area contributed by atoms with Crippen molar-refractivity contribution in [2.45, 2.75) is 50.9 Å². The van der Waals surface area contributed by atoms with E-state index in [1.807, 2.05) is 13.8 Å². The van der Waals surface area contributed by atoms with Crippen molar-refractivity contribution < 1.29 is 18.7 Å². The van der Waals surface area contributed by atoms with Crippen LogP contribution in [0.5, 0.6) is 0 Å². The number of halogens is 1. The Kier molecular flexibility index (Phi) is 7.09. The summed E-state index contributed by atoms with van der Waals surface area (Å²) in [5.74, 6) is -0.604. The molecule has 0 spiro atoms. The molecule has 0 bridgehead atoms. The van der Waals surface area contributed by atoms with Gasteiger partial charge in [-0.15, -0.1) is 11.8 Å². The zero-order valence-electron chi connectivity index (χ0n) is 14.2. The molecule has 2 atom stereocenters. The van der Waals surface area contributed by atoms with Gasteiger partial charge < -0.3 is 9.64 Å². The maximum Gasteiger partial charge on any atom is 0.329 e. The summed E-state index contributed by atoms with van der Waals surface area (Å²) in [6.07, 6.45) is 3.45. The van der Waals surface area contributed by atoms with Gasteiger partial charge in [-0.3, -0.25) is 4.79 Å². The SMILES string of the molecule is CCCCOC(=O)[C@H]1CS[C@@H](CCC)N1C(=O)c1cccc(F)c1. The first-order valence-corrected chi connectivity index (χ1v) is 9.49. The first-order valence-electron chi connectivity index (χ1n) is 8.45. The van der Waals surface area contributed by atoms with Crippen LogP contribution in [0.25, 0.3) is 0 Å². The van der Waals surface area contributed by atoms with E-state index in [4.69, 9.17) is 4.74 Å². The molecule has 1 fully saturated rings. The standard InChI is InChI=1S/C18H24FNO3S/c1-3-5-10-23-18(22)15-12-24-16(7-4-2)20(15)17(21)13-8-6-9-14(19)11-13/h6,8-9,11,15-16H,3-5,7,10,12H2,1-2H3/t15-,16+/m1/s1. The first-order chi connectivity index (χ1) is 11.6. The number of benzene rings is 1. The molecule has 0 radical (unpaired) electrons. The molecule has 1 aliphatic rings. The van der Waals surface area contributed by atoms with Gasteiger partial charge in [0.25, 0.3) is 5.91 Å². The molecule has 1 amide bonds. The second kappa shape index (κ2) is 9.06. The Morgan fingerprint density at radius 1 is 1.33 bits per heavy atom. The molecule has 0 aliphatic carbocycles. The highest BCUT2D eigenvalue weighted by molar-refractivity contribution is 8.00. The second-order valence-corrected chi connectivity index (χ2v) is 7.05. The number of hydrogen-bond acceptors (Lipinski definition) is 4. The van der Waals surface area contributed by atoms with Crippen LogP contribution in [0.2, 0.25) is 0 Å². The van der Waals surface area contributed by atoms with E-state index in [9.17, 15) is 14.0 Å². The Morgan fingerprint density at radius 2 is 2.12 bits per heavy atom. The van der Waals surface area contributed by atoms with E-state index >= 15 is 0 Å². The lowest BCUT2D eigenvalue weighted by molar-refractivity contribution is -0.148. The summed E-state index contributed by atoms with van der Waals surface area (Å²) in [7, 11) is 0. The van der Waals surface area contributed by atoms with E-state index in [0.717, 1.165) is 25.7 Å². The van der Waals surface area contributed by atoms with Crippen molar-refractivity contribution in [3.8, 4) is 0 Å². The van der Waals surface area contributed by atoms with Gasteiger partial charge >= 0.3 is 5.97 Å². The molecule has 6 heteroatoms. The van der Waals surface area contributed by atoms with Crippen LogP contribution in [-0.4, -0.2) is 40.6 Å². The topological polar surface area (TPSA) is 46.6 Å². The van der Waals surface area contributed by atoms with E-state index in [2.05, 4.69) is 0 Å². The minimum absolute atomic E-state index is 0.0745. The van der Waals surface area contributed by atoms with Crippen molar-refractivity contribution >= 4 is 23.6 Å². The van der Waals surface area contributed by atoms with Crippen LogP contribution in [0.15, 0.2) is 24.3 Å². The van der Waals surface area contributed by atoms with Gasteiger partial charge in [-0.2, -0.15) is 0 Å². The molecule has 2 rings (SSSR count). The molecule has 0 N–H and O–H groups in total. The monoisotopic (exact) mass is 353 g/mol. The Bertz CT molecular complexity index is 581. The van der Waals surface area contributed by atoms with Gasteiger partial charge in [0.15, 0.2) is 0 Å². The molecule has 1 saturated heterocycles. The number of ether oxygens (including phenoxy) is 1. The zero-order chi connectivity index (χ0) is 17.5. The average Bonchev–Trinajstić information content (AvgIpc) is 2.98. The third kappa shape index (κ3) is 4.50. The molecule has 0 saturated carbocycles. The van der Waals surface area contributed by atoms with Crippen LogP contribution < -0.4 is 0 Å². The lowest BCUT2D eigenvalue weighted by atomic mass is 10.1. The molecule has 1 aromatic carbocycles. The van der Waals surface area contributed by atoms with Gasteiger partial charge in [-0.05, 0) is 31.0 Å². The lowest BCUT2D eigenvalue weighted by Gasteiger charge is -2.28. The number of nitrogens with zero attached hydrogens (tertiary/aromatic N) is 1. The van der Waals surface area contributed by atoms with Crippen molar-refractivity contribution in [1.29, 1.82) is 0 Å². The number of rotatable bonds is 7. The Morgan fingerprint density at radius 3 is 2.79 bits per heavy atom. The van der Waals surface area contributed by atoms with E-state index in [1.54, 1.807) is 22.7 Å². The zero-order valence-corrected chi connectivity index (χ0v) is 15.0. The highest BCUT2D eigenvalue weighted by Gasteiger charge is 2.42. The lowest BCUT2D eigenvalue weighted by Crippen LogP contribution is -2.46. The van der Waals surface area contributed by atoms with Crippen LogP contribution in [0.4, 0.5) is 4.39 Å². The molecular weight excluding hydrogens is 329 g/mol. The molecule has 1 aliphatic heterocycles. The highest BCUT2D eigenvalue weighted by atomic mass is 32.2. The van der Waals surface area contributed by atoms with Gasteiger partial charge in [0.2, 0.25) is 0 Å². The third-order valence-electron chi connectivity index (χ3n) is 3.95. The molecule has 1 heterocycles. The molecule has 0 unspecified atom stereocenters. The highest BCUT2D eigenvalue weighted by Crippen LogP contribution is 2.34. The summed E-state index contributed by atoms with van der Waals surface area (Å²) >= 11 is 1.59. The minimum Gasteiger partial charge on any atom is -0.464 e. The predicted molar refractivity (Wildman–Crippen MR) is 93.4 cm³/mol. The van der Waals surface area contributed by atoms with E-state index in [-0.39, 0.29) is 22.8 Å². The summed E-state index contributed by atoms with van der Waals surface area (Å²) in [5, 5.41) is -0.0745. The van der Waals surface area contributed by atoms with Crippen LogP contribution in [0.3, 0.4) is 0 Å². The first kappa shape index (κ1) is 18.8. The van der Waals surface area contributed by atoms with Gasteiger partial charge in [0.1, 0.15) is 11.9 Å². The number of amides is 1. The van der Waals surface area contributed by atoms with E-state index in [1.165, 1.54) is 18.2 Å². The Hall–Kier alpha value is -1.56. The van der Waals surface area contributed by atoms with Crippen molar-refractivity contribution in [3.63, 3.8) is 0 Å². The van der Waals surface area contributed by atoms with Gasteiger partial charge in [-0.25, -0.2) is 9.18 Å². The van der Waals surface area contributed by atoms with Gasteiger partial charge in [0, 0.05) is 11.3 Å². The second-order valence-electron chi connectivity index (χ2n) is 5.84. The summed E-state index contributed by atoms with van der Waals surface area (Å²) in [6.45, 7) is 4.44. The molecule has 24 heavy (non-hydrogen) atoms. The van der Waals surface area contributed by atoms with Crippen molar-refractivity contribution in [2.24, 2.45) is 0 Å². The molecular formula is C18H24FNO3S. The van der Waals surface area contributed by atoms with Gasteiger partial charge in [0.05, 0.1) is 12.0 Å². The number of hydrogen-bond donors (Lipinski definition) is 0. The maximum atomic E-state index is 13.5. The largest absolute Gasteiger partial charge is 0.464 e. The Labute approximate surface area is 146 Å². The van der Waals surface area contributed by atoms with E-state index < -0.39 is 11.9 Å². The van der Waals surface area contributed by atoms with Crippen molar-refractivity contribution in [3.05, 3.63) is 35.6 Å². The predicted octanol–water partition coefficient (Wildman–Crippen LogP) is 3.85. The number of esters is 1. The summed E-state index contributed by atoms with van der Waals surface area (Å²) in [5.41, 5.74) is 0.268. The van der Waals surface area contributed by atoms with Crippen LogP contribution in [-0.2, 0) is 9.53 Å². The van der Waals surface area contributed by atoms with Crippen LogP contribution >= 0.6 is 11.8 Å². The van der Waals surface area contributed by atoms with Crippen LogP contribution in [0.1, 0.15) is 49.9 Å².